The Morgan fingerprint density at radius 3 is 3.05 bits per heavy atom. The number of pyridine rings is 1. The molecule has 1 aliphatic rings. The van der Waals surface area contributed by atoms with Gasteiger partial charge in [0.15, 0.2) is 0 Å². The molecule has 1 atom stereocenters. The quantitative estimate of drug-likeness (QED) is 0.810. The van der Waals surface area contributed by atoms with Crippen molar-refractivity contribution < 1.29 is 4.74 Å². The zero-order valence-electron chi connectivity index (χ0n) is 11.3. The van der Waals surface area contributed by atoms with Crippen molar-refractivity contribution in [1.29, 1.82) is 0 Å². The van der Waals surface area contributed by atoms with E-state index in [1.807, 2.05) is 19.1 Å². The summed E-state index contributed by atoms with van der Waals surface area (Å²) in [6, 6.07) is 3.80. The second kappa shape index (κ2) is 6.82. The maximum Gasteiger partial charge on any atom is 0.126 e. The zero-order chi connectivity index (χ0) is 13.7. The van der Waals surface area contributed by atoms with E-state index in [2.05, 4.69) is 10.3 Å². The van der Waals surface area contributed by atoms with Crippen LogP contribution in [0.2, 0.25) is 0 Å². The SMILES string of the molecule is Cc1cc(C(N)=S)cc(NCCC2CCCCO2)n1. The lowest BCUT2D eigenvalue weighted by Gasteiger charge is -2.22. The number of anilines is 1. The van der Waals surface area contributed by atoms with Gasteiger partial charge in [0, 0.05) is 24.4 Å². The van der Waals surface area contributed by atoms with Gasteiger partial charge in [-0.05, 0) is 44.7 Å². The average Bonchev–Trinajstić information content (AvgIpc) is 2.39. The average molecular weight is 279 g/mol. The van der Waals surface area contributed by atoms with Crippen LogP contribution in [0.5, 0.6) is 0 Å². The summed E-state index contributed by atoms with van der Waals surface area (Å²) in [7, 11) is 0. The molecule has 2 rings (SSSR count). The number of nitrogens with two attached hydrogens (primary N) is 1. The summed E-state index contributed by atoms with van der Waals surface area (Å²) in [4.78, 5) is 4.84. The number of ether oxygens (including phenoxy) is 1. The van der Waals surface area contributed by atoms with Crippen molar-refractivity contribution in [3.05, 3.63) is 23.4 Å². The van der Waals surface area contributed by atoms with Crippen LogP contribution in [-0.4, -0.2) is 29.2 Å². The Hall–Kier alpha value is -1.20. The summed E-state index contributed by atoms with van der Waals surface area (Å²) in [6.07, 6.45) is 5.04. The number of thiocarbonyl (C=S) groups is 1. The highest BCUT2D eigenvalue weighted by atomic mass is 32.1. The second-order valence-electron chi connectivity index (χ2n) is 4.95. The molecule has 0 amide bonds. The largest absolute Gasteiger partial charge is 0.389 e. The highest BCUT2D eigenvalue weighted by molar-refractivity contribution is 7.80. The van der Waals surface area contributed by atoms with Crippen LogP contribution >= 0.6 is 12.2 Å². The van der Waals surface area contributed by atoms with Crippen molar-refractivity contribution >= 4 is 23.0 Å². The van der Waals surface area contributed by atoms with Gasteiger partial charge in [0.05, 0.1) is 6.10 Å². The van der Waals surface area contributed by atoms with Gasteiger partial charge in [-0.1, -0.05) is 12.2 Å². The van der Waals surface area contributed by atoms with Crippen molar-refractivity contribution in [3.63, 3.8) is 0 Å². The Kier molecular flexibility index (Phi) is 5.10. The molecular formula is C14H21N3OS. The minimum Gasteiger partial charge on any atom is -0.389 e. The van der Waals surface area contributed by atoms with E-state index < -0.39 is 0 Å². The molecule has 5 heteroatoms. The smallest absolute Gasteiger partial charge is 0.126 e. The van der Waals surface area contributed by atoms with Crippen LogP contribution in [0.1, 0.15) is 36.9 Å². The van der Waals surface area contributed by atoms with E-state index in [9.17, 15) is 0 Å². The Labute approximate surface area is 119 Å². The first-order valence-corrected chi connectivity index (χ1v) is 7.20. The molecule has 0 aliphatic carbocycles. The molecule has 1 aliphatic heterocycles. The molecule has 0 aromatic carbocycles. The summed E-state index contributed by atoms with van der Waals surface area (Å²) in [5, 5.41) is 3.32. The first kappa shape index (κ1) is 14.2. The van der Waals surface area contributed by atoms with Crippen LogP contribution in [0.4, 0.5) is 5.82 Å². The van der Waals surface area contributed by atoms with Gasteiger partial charge in [0.1, 0.15) is 10.8 Å². The Morgan fingerprint density at radius 1 is 1.53 bits per heavy atom. The predicted octanol–water partition coefficient (Wildman–Crippen LogP) is 2.40. The van der Waals surface area contributed by atoms with Crippen molar-refractivity contribution in [2.75, 3.05) is 18.5 Å². The van der Waals surface area contributed by atoms with Crippen LogP contribution in [0.15, 0.2) is 12.1 Å². The van der Waals surface area contributed by atoms with Crippen LogP contribution in [0.25, 0.3) is 0 Å². The number of hydrogen-bond donors (Lipinski definition) is 2. The molecule has 1 aromatic rings. The fourth-order valence-corrected chi connectivity index (χ4v) is 2.42. The number of nitrogens with one attached hydrogen (secondary N) is 1. The lowest BCUT2D eigenvalue weighted by Crippen LogP contribution is -2.22. The first-order chi connectivity index (χ1) is 9.15. The predicted molar refractivity (Wildman–Crippen MR) is 81.6 cm³/mol. The number of nitrogens with zero attached hydrogens (tertiary/aromatic N) is 1. The molecular weight excluding hydrogens is 258 g/mol. The van der Waals surface area contributed by atoms with Gasteiger partial charge in [0.25, 0.3) is 0 Å². The molecule has 1 aromatic heterocycles. The minimum atomic E-state index is 0.390. The van der Waals surface area contributed by atoms with Crippen LogP contribution in [0, 0.1) is 6.92 Å². The highest BCUT2D eigenvalue weighted by Crippen LogP contribution is 2.16. The van der Waals surface area contributed by atoms with E-state index in [0.717, 1.165) is 36.6 Å². The van der Waals surface area contributed by atoms with E-state index in [0.29, 0.717) is 11.1 Å². The minimum absolute atomic E-state index is 0.390. The van der Waals surface area contributed by atoms with E-state index >= 15 is 0 Å². The van der Waals surface area contributed by atoms with E-state index in [4.69, 9.17) is 22.7 Å². The van der Waals surface area contributed by atoms with Gasteiger partial charge in [-0.15, -0.1) is 0 Å². The molecule has 1 fully saturated rings. The van der Waals surface area contributed by atoms with Gasteiger partial charge in [-0.3, -0.25) is 0 Å². The van der Waals surface area contributed by atoms with E-state index in [-0.39, 0.29) is 0 Å². The summed E-state index contributed by atoms with van der Waals surface area (Å²) >= 11 is 5.00. The number of aromatic nitrogens is 1. The van der Waals surface area contributed by atoms with E-state index in [1.165, 1.54) is 19.3 Å². The maximum atomic E-state index is 5.70. The summed E-state index contributed by atoms with van der Waals surface area (Å²) < 4.78 is 5.70. The Balaban J connectivity index is 1.86. The molecule has 2 heterocycles. The fourth-order valence-electron chi connectivity index (χ4n) is 2.30. The molecule has 0 spiro atoms. The molecule has 3 N–H and O–H groups in total. The standard InChI is InChI=1S/C14H21N3OS/c1-10-8-11(14(15)19)9-13(17-10)16-6-5-12-4-2-3-7-18-12/h8-9,12H,2-7H2,1H3,(H2,15,19)(H,16,17). The number of aryl methyl sites for hydroxylation is 1. The fraction of sp³-hybridized carbons (Fsp3) is 0.571. The summed E-state index contributed by atoms with van der Waals surface area (Å²) in [5.41, 5.74) is 7.43. The second-order valence-corrected chi connectivity index (χ2v) is 5.39. The zero-order valence-corrected chi connectivity index (χ0v) is 12.1. The topological polar surface area (TPSA) is 60.2 Å². The number of rotatable bonds is 5. The van der Waals surface area contributed by atoms with E-state index in [1.54, 1.807) is 0 Å². The normalized spacial score (nSPS) is 19.1. The maximum absolute atomic E-state index is 5.70. The van der Waals surface area contributed by atoms with Gasteiger partial charge in [-0.25, -0.2) is 4.98 Å². The molecule has 4 nitrogen and oxygen atoms in total. The van der Waals surface area contributed by atoms with Gasteiger partial charge in [0.2, 0.25) is 0 Å². The van der Waals surface area contributed by atoms with Crippen molar-refractivity contribution in [1.82, 2.24) is 4.98 Å². The lowest BCUT2D eigenvalue weighted by atomic mass is 10.1. The van der Waals surface area contributed by atoms with Crippen LogP contribution in [-0.2, 0) is 4.74 Å². The Morgan fingerprint density at radius 2 is 2.37 bits per heavy atom. The molecule has 0 radical (unpaired) electrons. The van der Waals surface area contributed by atoms with Gasteiger partial charge >= 0.3 is 0 Å². The third-order valence-corrected chi connectivity index (χ3v) is 3.52. The molecule has 19 heavy (non-hydrogen) atoms. The molecule has 1 unspecified atom stereocenters. The van der Waals surface area contributed by atoms with Crippen molar-refractivity contribution in [3.8, 4) is 0 Å². The third kappa shape index (κ3) is 4.44. The summed E-state index contributed by atoms with van der Waals surface area (Å²) in [6.45, 7) is 3.70. The molecule has 104 valence electrons. The Bertz CT molecular complexity index is 444. The van der Waals surface area contributed by atoms with Crippen molar-refractivity contribution in [2.24, 2.45) is 5.73 Å². The van der Waals surface area contributed by atoms with Gasteiger partial charge < -0.3 is 15.8 Å². The molecule has 1 saturated heterocycles. The monoisotopic (exact) mass is 279 g/mol. The van der Waals surface area contributed by atoms with Crippen LogP contribution in [0.3, 0.4) is 0 Å². The molecule has 0 saturated carbocycles. The van der Waals surface area contributed by atoms with Crippen LogP contribution < -0.4 is 11.1 Å². The first-order valence-electron chi connectivity index (χ1n) is 6.79. The lowest BCUT2D eigenvalue weighted by molar-refractivity contribution is 0.0134. The van der Waals surface area contributed by atoms with Gasteiger partial charge in [-0.2, -0.15) is 0 Å². The third-order valence-electron chi connectivity index (χ3n) is 3.28. The highest BCUT2D eigenvalue weighted by Gasteiger charge is 2.13. The number of hydrogen-bond acceptors (Lipinski definition) is 4. The molecule has 0 bridgehead atoms. The van der Waals surface area contributed by atoms with Crippen molar-refractivity contribution in [2.45, 2.75) is 38.7 Å². The summed E-state index contributed by atoms with van der Waals surface area (Å²) in [5.74, 6) is 0.832.